The summed E-state index contributed by atoms with van der Waals surface area (Å²) in [5.41, 5.74) is 0.384. The molecule has 5 nitrogen and oxygen atoms in total. The summed E-state index contributed by atoms with van der Waals surface area (Å²) < 4.78 is 4.60. The number of carbonyl (C=O) groups is 1. The molecule has 5 heteroatoms. The van der Waals surface area contributed by atoms with Crippen molar-refractivity contribution in [3.63, 3.8) is 0 Å². The number of methoxy groups -OCH3 is 1. The minimum Gasteiger partial charge on any atom is -0.465 e. The van der Waals surface area contributed by atoms with Gasteiger partial charge in [0.2, 0.25) is 5.95 Å². The zero-order valence-corrected chi connectivity index (χ0v) is 10.4. The van der Waals surface area contributed by atoms with Crippen LogP contribution in [0.1, 0.15) is 36.0 Å². The Morgan fingerprint density at radius 2 is 2.11 bits per heavy atom. The Morgan fingerprint density at radius 1 is 1.39 bits per heavy atom. The summed E-state index contributed by atoms with van der Waals surface area (Å²) in [5, 5.41) is 3.32. The summed E-state index contributed by atoms with van der Waals surface area (Å²) in [6.45, 7) is 0. The van der Waals surface area contributed by atoms with E-state index in [1.165, 1.54) is 45.2 Å². The van der Waals surface area contributed by atoms with E-state index in [0.29, 0.717) is 17.6 Å². The number of rotatable bonds is 4. The van der Waals surface area contributed by atoms with Crippen LogP contribution in [0.4, 0.5) is 5.95 Å². The van der Waals surface area contributed by atoms with Crippen LogP contribution in [-0.2, 0) is 4.74 Å². The molecule has 1 aromatic heterocycles. The lowest BCUT2D eigenvalue weighted by atomic mass is 9.81. The average molecular weight is 247 g/mol. The van der Waals surface area contributed by atoms with Crippen LogP contribution in [0.2, 0.25) is 0 Å². The summed E-state index contributed by atoms with van der Waals surface area (Å²) in [5.74, 6) is 1.93. The van der Waals surface area contributed by atoms with Crippen LogP contribution in [0.5, 0.6) is 0 Å². The summed E-state index contributed by atoms with van der Waals surface area (Å²) >= 11 is 0. The summed E-state index contributed by atoms with van der Waals surface area (Å²) in [6, 6.07) is 0.527. The van der Waals surface area contributed by atoms with Gasteiger partial charge in [-0.15, -0.1) is 0 Å². The molecule has 1 aromatic rings. The van der Waals surface area contributed by atoms with Crippen LogP contribution in [0.3, 0.4) is 0 Å². The van der Waals surface area contributed by atoms with Gasteiger partial charge in [-0.25, -0.2) is 14.8 Å². The second kappa shape index (κ2) is 4.55. The third-order valence-corrected chi connectivity index (χ3v) is 3.98. The minimum absolute atomic E-state index is 0.384. The van der Waals surface area contributed by atoms with E-state index in [1.807, 2.05) is 0 Å². The molecule has 0 aromatic carbocycles. The molecular weight excluding hydrogens is 230 g/mol. The largest absolute Gasteiger partial charge is 0.465 e. The molecule has 0 bridgehead atoms. The van der Waals surface area contributed by atoms with Gasteiger partial charge in [0.05, 0.1) is 12.7 Å². The number of anilines is 1. The van der Waals surface area contributed by atoms with Crippen molar-refractivity contribution in [3.05, 3.63) is 18.0 Å². The van der Waals surface area contributed by atoms with E-state index in [-0.39, 0.29) is 0 Å². The molecular formula is C13H17N3O2. The standard InChI is InChI=1S/C13H17N3O2/c1-18-12(17)9-6-14-13(15-7-9)16-11-5-10(11)8-3-2-4-8/h6-8,10-11H,2-5H2,1H3,(H,14,15,16)/t10-,11+/m0/s1. The van der Waals surface area contributed by atoms with Crippen molar-refractivity contribution in [1.29, 1.82) is 0 Å². The molecule has 0 amide bonds. The van der Waals surface area contributed by atoms with Gasteiger partial charge in [0.1, 0.15) is 0 Å². The van der Waals surface area contributed by atoms with Crippen molar-refractivity contribution in [2.75, 3.05) is 12.4 Å². The number of carbonyl (C=O) groups excluding carboxylic acids is 1. The van der Waals surface area contributed by atoms with E-state index in [1.54, 1.807) is 0 Å². The first kappa shape index (κ1) is 11.4. The van der Waals surface area contributed by atoms with Crippen LogP contribution >= 0.6 is 0 Å². The van der Waals surface area contributed by atoms with E-state index in [0.717, 1.165) is 11.8 Å². The van der Waals surface area contributed by atoms with E-state index in [9.17, 15) is 4.79 Å². The molecule has 0 radical (unpaired) electrons. The lowest BCUT2D eigenvalue weighted by Gasteiger charge is -2.25. The van der Waals surface area contributed by atoms with Gasteiger partial charge in [0.25, 0.3) is 0 Å². The molecule has 2 aliphatic carbocycles. The number of hydrogen-bond acceptors (Lipinski definition) is 5. The zero-order chi connectivity index (χ0) is 12.5. The molecule has 0 aliphatic heterocycles. The molecule has 2 saturated carbocycles. The lowest BCUT2D eigenvalue weighted by molar-refractivity contribution is 0.0600. The Kier molecular flexibility index (Phi) is 2.89. The molecule has 96 valence electrons. The van der Waals surface area contributed by atoms with E-state index in [2.05, 4.69) is 20.0 Å². The molecule has 1 heterocycles. The maximum Gasteiger partial charge on any atom is 0.341 e. The zero-order valence-electron chi connectivity index (χ0n) is 10.4. The highest BCUT2D eigenvalue weighted by atomic mass is 16.5. The van der Waals surface area contributed by atoms with Crippen LogP contribution in [0.25, 0.3) is 0 Å². The smallest absolute Gasteiger partial charge is 0.341 e. The average Bonchev–Trinajstić information content (AvgIpc) is 3.06. The van der Waals surface area contributed by atoms with E-state index in [4.69, 9.17) is 0 Å². The maximum absolute atomic E-state index is 11.2. The first-order valence-electron chi connectivity index (χ1n) is 6.45. The molecule has 2 atom stereocenters. The molecule has 0 spiro atoms. The van der Waals surface area contributed by atoms with Gasteiger partial charge < -0.3 is 10.1 Å². The fourth-order valence-corrected chi connectivity index (χ4v) is 2.56. The molecule has 1 N–H and O–H groups in total. The van der Waals surface area contributed by atoms with Gasteiger partial charge in [-0.3, -0.25) is 0 Å². The quantitative estimate of drug-likeness (QED) is 0.823. The molecule has 2 aliphatic rings. The van der Waals surface area contributed by atoms with Gasteiger partial charge in [-0.05, 0) is 18.3 Å². The molecule has 0 unspecified atom stereocenters. The van der Waals surface area contributed by atoms with Crippen molar-refractivity contribution in [2.45, 2.75) is 31.7 Å². The van der Waals surface area contributed by atoms with Gasteiger partial charge in [-0.2, -0.15) is 0 Å². The third kappa shape index (κ3) is 2.17. The number of nitrogens with zero attached hydrogens (tertiary/aromatic N) is 2. The van der Waals surface area contributed by atoms with Gasteiger partial charge in [0, 0.05) is 18.4 Å². The van der Waals surface area contributed by atoms with Crippen LogP contribution in [0, 0.1) is 11.8 Å². The Balaban J connectivity index is 1.56. The molecule has 18 heavy (non-hydrogen) atoms. The Labute approximate surface area is 106 Å². The van der Waals surface area contributed by atoms with Crippen molar-refractivity contribution in [3.8, 4) is 0 Å². The Morgan fingerprint density at radius 3 is 2.67 bits per heavy atom. The van der Waals surface area contributed by atoms with Crippen molar-refractivity contribution in [2.24, 2.45) is 11.8 Å². The Bertz CT molecular complexity index is 442. The molecule has 3 rings (SSSR count). The maximum atomic E-state index is 11.2. The molecule has 0 saturated heterocycles. The number of aromatic nitrogens is 2. The highest BCUT2D eigenvalue weighted by Crippen LogP contribution is 2.47. The second-order valence-electron chi connectivity index (χ2n) is 5.13. The Hall–Kier alpha value is -1.65. The number of esters is 1. The highest BCUT2D eigenvalue weighted by Gasteiger charge is 2.45. The predicted octanol–water partition coefficient (Wildman–Crippen LogP) is 1.86. The predicted molar refractivity (Wildman–Crippen MR) is 66.2 cm³/mol. The highest BCUT2D eigenvalue weighted by molar-refractivity contribution is 5.88. The fraction of sp³-hybridized carbons (Fsp3) is 0.615. The van der Waals surface area contributed by atoms with Crippen LogP contribution in [0.15, 0.2) is 12.4 Å². The fourth-order valence-electron chi connectivity index (χ4n) is 2.56. The topological polar surface area (TPSA) is 64.1 Å². The monoisotopic (exact) mass is 247 g/mol. The van der Waals surface area contributed by atoms with Crippen molar-refractivity contribution in [1.82, 2.24) is 9.97 Å². The number of hydrogen-bond donors (Lipinski definition) is 1. The van der Waals surface area contributed by atoms with Gasteiger partial charge >= 0.3 is 5.97 Å². The summed E-state index contributed by atoms with van der Waals surface area (Å²) in [4.78, 5) is 19.5. The molecule has 2 fully saturated rings. The normalized spacial score (nSPS) is 26.3. The van der Waals surface area contributed by atoms with Crippen LogP contribution < -0.4 is 5.32 Å². The minimum atomic E-state index is -0.402. The van der Waals surface area contributed by atoms with Gasteiger partial charge in [-0.1, -0.05) is 19.3 Å². The van der Waals surface area contributed by atoms with Gasteiger partial charge in [0.15, 0.2) is 0 Å². The van der Waals surface area contributed by atoms with E-state index >= 15 is 0 Å². The first-order valence-corrected chi connectivity index (χ1v) is 6.45. The second-order valence-corrected chi connectivity index (χ2v) is 5.13. The number of ether oxygens (including phenoxy) is 1. The summed E-state index contributed by atoms with van der Waals surface area (Å²) in [6.07, 6.45) is 8.38. The van der Waals surface area contributed by atoms with Crippen LogP contribution in [-0.4, -0.2) is 29.1 Å². The first-order chi connectivity index (χ1) is 8.78. The van der Waals surface area contributed by atoms with E-state index < -0.39 is 5.97 Å². The third-order valence-electron chi connectivity index (χ3n) is 3.98. The number of nitrogens with one attached hydrogen (secondary N) is 1. The SMILES string of the molecule is COC(=O)c1cnc(N[C@@H]2C[C@H]2C2CCC2)nc1. The summed E-state index contributed by atoms with van der Waals surface area (Å²) in [7, 11) is 1.35. The lowest BCUT2D eigenvalue weighted by Crippen LogP contribution is -2.18. The van der Waals surface area contributed by atoms with Crippen molar-refractivity contribution >= 4 is 11.9 Å². The van der Waals surface area contributed by atoms with Crippen molar-refractivity contribution < 1.29 is 9.53 Å².